The third-order valence-electron chi connectivity index (χ3n) is 1.80. The summed E-state index contributed by atoms with van der Waals surface area (Å²) in [6.07, 6.45) is 0. The minimum Gasteiger partial charge on any atom is -0.504 e. The van der Waals surface area contributed by atoms with Crippen LogP contribution in [0.1, 0.15) is 17.0 Å². The number of aromatic hydroxyl groups is 2. The lowest BCUT2D eigenvalue weighted by molar-refractivity contribution is 0.395. The van der Waals surface area contributed by atoms with E-state index in [1.54, 1.807) is 20.8 Å². The number of nitrogens with zero attached hydrogens (tertiary/aromatic N) is 1. The van der Waals surface area contributed by atoms with Crippen LogP contribution in [0.2, 0.25) is 0 Å². The minimum absolute atomic E-state index is 0.0602. The van der Waals surface area contributed by atoms with E-state index in [1.165, 1.54) is 0 Å². The zero-order valence-electron chi connectivity index (χ0n) is 6.84. The first-order valence-corrected chi connectivity index (χ1v) is 3.39. The van der Waals surface area contributed by atoms with Crippen LogP contribution in [0.4, 0.5) is 0 Å². The molecule has 0 aliphatic heterocycles. The number of pyridine rings is 1. The third kappa shape index (κ3) is 1.13. The molecule has 11 heavy (non-hydrogen) atoms. The van der Waals surface area contributed by atoms with Gasteiger partial charge in [0, 0.05) is 11.3 Å². The van der Waals surface area contributed by atoms with Crippen molar-refractivity contribution in [3.05, 3.63) is 17.0 Å². The molecule has 0 unspecified atom stereocenters. The van der Waals surface area contributed by atoms with E-state index in [-0.39, 0.29) is 11.5 Å². The molecule has 1 heterocycles. The van der Waals surface area contributed by atoms with Gasteiger partial charge in [-0.05, 0) is 20.8 Å². The van der Waals surface area contributed by atoms with E-state index < -0.39 is 0 Å². The van der Waals surface area contributed by atoms with Crippen LogP contribution in [0.3, 0.4) is 0 Å². The molecule has 0 bridgehead atoms. The maximum absolute atomic E-state index is 9.28. The van der Waals surface area contributed by atoms with Gasteiger partial charge in [0.25, 0.3) is 0 Å². The van der Waals surface area contributed by atoms with Crippen molar-refractivity contribution >= 4 is 0 Å². The number of hydrogen-bond acceptors (Lipinski definition) is 3. The fraction of sp³-hybridized carbons (Fsp3) is 0.375. The van der Waals surface area contributed by atoms with E-state index in [0.717, 1.165) is 5.69 Å². The topological polar surface area (TPSA) is 53.4 Å². The number of rotatable bonds is 0. The lowest BCUT2D eigenvalue weighted by atomic mass is 10.2. The Kier molecular flexibility index (Phi) is 1.72. The molecule has 1 aromatic rings. The fourth-order valence-electron chi connectivity index (χ4n) is 0.909. The predicted molar refractivity (Wildman–Crippen MR) is 41.8 cm³/mol. The maximum Gasteiger partial charge on any atom is 0.179 e. The van der Waals surface area contributed by atoms with Crippen LogP contribution < -0.4 is 0 Å². The van der Waals surface area contributed by atoms with Gasteiger partial charge in [0.05, 0.1) is 5.69 Å². The highest BCUT2D eigenvalue weighted by atomic mass is 16.3. The molecule has 1 aromatic heterocycles. The van der Waals surface area contributed by atoms with Gasteiger partial charge in [-0.25, -0.2) is 0 Å². The minimum atomic E-state index is -0.117. The van der Waals surface area contributed by atoms with Crippen molar-refractivity contribution in [2.75, 3.05) is 0 Å². The Labute approximate surface area is 65.3 Å². The first-order chi connectivity index (χ1) is 5.04. The molecule has 0 amide bonds. The zero-order chi connectivity index (χ0) is 8.59. The van der Waals surface area contributed by atoms with Gasteiger partial charge in [-0.2, -0.15) is 0 Å². The largest absolute Gasteiger partial charge is 0.504 e. The van der Waals surface area contributed by atoms with Crippen LogP contribution in [0.5, 0.6) is 11.5 Å². The Morgan fingerprint density at radius 1 is 0.909 bits per heavy atom. The highest BCUT2D eigenvalue weighted by Crippen LogP contribution is 2.31. The van der Waals surface area contributed by atoms with E-state index in [4.69, 9.17) is 0 Å². The molecular formula is C8H11NO2. The summed E-state index contributed by atoms with van der Waals surface area (Å²) < 4.78 is 0. The van der Waals surface area contributed by atoms with Gasteiger partial charge in [-0.1, -0.05) is 0 Å². The maximum atomic E-state index is 9.28. The van der Waals surface area contributed by atoms with Crippen molar-refractivity contribution in [3.63, 3.8) is 0 Å². The Balaban J connectivity index is 3.46. The summed E-state index contributed by atoms with van der Waals surface area (Å²) >= 11 is 0. The summed E-state index contributed by atoms with van der Waals surface area (Å²) in [4.78, 5) is 4.02. The molecular weight excluding hydrogens is 142 g/mol. The van der Waals surface area contributed by atoms with Gasteiger partial charge in [0.1, 0.15) is 0 Å². The van der Waals surface area contributed by atoms with Gasteiger partial charge in [-0.15, -0.1) is 0 Å². The molecule has 0 saturated carbocycles. The highest BCUT2D eigenvalue weighted by molar-refractivity contribution is 5.47. The second kappa shape index (κ2) is 2.42. The Hall–Kier alpha value is -1.25. The van der Waals surface area contributed by atoms with Crippen LogP contribution in [0, 0.1) is 20.8 Å². The molecule has 0 spiro atoms. The Bertz CT molecular complexity index is 268. The van der Waals surface area contributed by atoms with E-state index >= 15 is 0 Å². The lowest BCUT2D eigenvalue weighted by Gasteiger charge is -2.06. The van der Waals surface area contributed by atoms with Gasteiger partial charge < -0.3 is 10.2 Å². The first-order valence-electron chi connectivity index (χ1n) is 3.39. The molecule has 0 aliphatic rings. The van der Waals surface area contributed by atoms with Crippen molar-refractivity contribution in [3.8, 4) is 11.5 Å². The van der Waals surface area contributed by atoms with Gasteiger partial charge in [0.15, 0.2) is 11.5 Å². The quantitative estimate of drug-likeness (QED) is 0.592. The first kappa shape index (κ1) is 7.85. The molecule has 0 fully saturated rings. The van der Waals surface area contributed by atoms with E-state index in [0.29, 0.717) is 11.3 Å². The Morgan fingerprint density at radius 3 is 2.00 bits per heavy atom. The van der Waals surface area contributed by atoms with E-state index in [1.807, 2.05) is 0 Å². The number of hydrogen-bond donors (Lipinski definition) is 2. The number of aromatic nitrogens is 1. The normalized spacial score (nSPS) is 10.1. The van der Waals surface area contributed by atoms with Gasteiger partial charge in [-0.3, -0.25) is 4.98 Å². The highest BCUT2D eigenvalue weighted by Gasteiger charge is 2.09. The van der Waals surface area contributed by atoms with Crippen LogP contribution in [-0.2, 0) is 0 Å². The molecule has 0 saturated heterocycles. The van der Waals surface area contributed by atoms with Gasteiger partial charge in [0.2, 0.25) is 0 Å². The average Bonchev–Trinajstić information content (AvgIpc) is 1.97. The van der Waals surface area contributed by atoms with Gasteiger partial charge >= 0.3 is 0 Å². The molecule has 0 aromatic carbocycles. The number of aryl methyl sites for hydroxylation is 2. The van der Waals surface area contributed by atoms with Crippen LogP contribution in [0.25, 0.3) is 0 Å². The second-order valence-electron chi connectivity index (χ2n) is 2.60. The molecule has 0 aliphatic carbocycles. The standard InChI is InChI=1S/C8H11NO2/c1-4-5(2)9-6(3)8(11)7(4)10/h11H,1-3H3,(H,9,10). The third-order valence-corrected chi connectivity index (χ3v) is 1.80. The monoisotopic (exact) mass is 153 g/mol. The summed E-state index contributed by atoms with van der Waals surface area (Å²) in [5, 5.41) is 18.5. The fourth-order valence-corrected chi connectivity index (χ4v) is 0.909. The van der Waals surface area contributed by atoms with E-state index in [2.05, 4.69) is 4.98 Å². The van der Waals surface area contributed by atoms with Crippen molar-refractivity contribution in [2.24, 2.45) is 0 Å². The molecule has 3 nitrogen and oxygen atoms in total. The summed E-state index contributed by atoms with van der Waals surface area (Å²) in [7, 11) is 0. The summed E-state index contributed by atoms with van der Waals surface area (Å²) in [6, 6.07) is 0. The Morgan fingerprint density at radius 2 is 1.45 bits per heavy atom. The zero-order valence-corrected chi connectivity index (χ0v) is 6.84. The average molecular weight is 153 g/mol. The smallest absolute Gasteiger partial charge is 0.179 e. The summed E-state index contributed by atoms with van der Waals surface area (Å²) in [5.74, 6) is -0.178. The van der Waals surface area contributed by atoms with Crippen molar-refractivity contribution < 1.29 is 10.2 Å². The molecule has 2 N–H and O–H groups in total. The molecule has 3 heteroatoms. The molecule has 1 rings (SSSR count). The van der Waals surface area contributed by atoms with Crippen molar-refractivity contribution in [2.45, 2.75) is 20.8 Å². The predicted octanol–water partition coefficient (Wildman–Crippen LogP) is 1.42. The SMILES string of the molecule is Cc1nc(C)c(O)c(O)c1C. The van der Waals surface area contributed by atoms with Crippen LogP contribution >= 0.6 is 0 Å². The molecule has 0 atom stereocenters. The lowest BCUT2D eigenvalue weighted by Crippen LogP contribution is -1.91. The van der Waals surface area contributed by atoms with Crippen molar-refractivity contribution in [1.29, 1.82) is 0 Å². The summed E-state index contributed by atoms with van der Waals surface area (Å²) in [5.41, 5.74) is 1.84. The van der Waals surface area contributed by atoms with Crippen LogP contribution in [-0.4, -0.2) is 15.2 Å². The molecule has 0 radical (unpaired) electrons. The second-order valence-corrected chi connectivity index (χ2v) is 2.60. The van der Waals surface area contributed by atoms with Crippen LogP contribution in [0.15, 0.2) is 0 Å². The summed E-state index contributed by atoms with van der Waals surface area (Å²) in [6.45, 7) is 5.17. The molecule has 60 valence electrons. The van der Waals surface area contributed by atoms with Crippen molar-refractivity contribution in [1.82, 2.24) is 4.98 Å². The van der Waals surface area contributed by atoms with E-state index in [9.17, 15) is 10.2 Å².